The summed E-state index contributed by atoms with van der Waals surface area (Å²) < 4.78 is 76.6. The molecule has 3 rings (SSSR count). The van der Waals surface area contributed by atoms with E-state index in [-0.39, 0.29) is 30.1 Å². The van der Waals surface area contributed by atoms with Gasteiger partial charge in [0.25, 0.3) is 10.0 Å². The molecule has 0 spiro atoms. The number of hydrogen-bond acceptors (Lipinski definition) is 5. The number of carbonyl (C=O) groups is 1. The molecular weight excluding hydrogens is 375 g/mol. The Balaban J connectivity index is 1.79. The highest BCUT2D eigenvalue weighted by molar-refractivity contribution is 7.90. The number of nitrogens with one attached hydrogen (secondary N) is 1. The summed E-state index contributed by atoms with van der Waals surface area (Å²) in [6, 6.07) is 3.78. The third kappa shape index (κ3) is 3.89. The Kier molecular flexibility index (Phi) is 5.05. The maximum absolute atomic E-state index is 13.1. The van der Waals surface area contributed by atoms with Gasteiger partial charge >= 0.3 is 6.18 Å². The van der Waals surface area contributed by atoms with Crippen LogP contribution in [0.3, 0.4) is 0 Å². The first kappa shape index (κ1) is 18.8. The van der Waals surface area contributed by atoms with Crippen LogP contribution in [0.2, 0.25) is 0 Å². The maximum atomic E-state index is 13.1. The Morgan fingerprint density at radius 1 is 1.08 bits per heavy atom. The Morgan fingerprint density at radius 3 is 2.42 bits per heavy atom. The van der Waals surface area contributed by atoms with Crippen molar-refractivity contribution < 1.29 is 35.9 Å². The third-order valence-corrected chi connectivity index (χ3v) is 5.93. The molecule has 1 heterocycles. The third-order valence-electron chi connectivity index (χ3n) is 4.58. The number of ether oxygens (including phenoxy) is 2. The van der Waals surface area contributed by atoms with Crippen LogP contribution in [0.5, 0.6) is 11.5 Å². The van der Waals surface area contributed by atoms with Gasteiger partial charge in [-0.25, -0.2) is 13.1 Å². The lowest BCUT2D eigenvalue weighted by Crippen LogP contribution is -2.44. The van der Waals surface area contributed by atoms with E-state index in [0.717, 1.165) is 0 Å². The second-order valence-electron chi connectivity index (χ2n) is 6.31. The van der Waals surface area contributed by atoms with Gasteiger partial charge in [-0.1, -0.05) is 12.8 Å². The molecule has 10 heteroatoms. The van der Waals surface area contributed by atoms with E-state index in [2.05, 4.69) is 0 Å². The van der Waals surface area contributed by atoms with Gasteiger partial charge in [0.15, 0.2) is 11.5 Å². The van der Waals surface area contributed by atoms with Gasteiger partial charge in [-0.2, -0.15) is 13.2 Å². The molecule has 6 nitrogen and oxygen atoms in total. The highest BCUT2D eigenvalue weighted by atomic mass is 32.2. The average Bonchev–Trinajstić information content (AvgIpc) is 2.60. The van der Waals surface area contributed by atoms with Crippen molar-refractivity contribution in [1.29, 1.82) is 0 Å². The van der Waals surface area contributed by atoms with Crippen LogP contribution in [-0.4, -0.2) is 33.7 Å². The van der Waals surface area contributed by atoms with Crippen LogP contribution in [0.4, 0.5) is 13.2 Å². The molecule has 26 heavy (non-hydrogen) atoms. The molecule has 2 atom stereocenters. The number of benzene rings is 1. The Labute approximate surface area is 148 Å². The van der Waals surface area contributed by atoms with Gasteiger partial charge in [-0.3, -0.25) is 4.79 Å². The van der Waals surface area contributed by atoms with Gasteiger partial charge in [0.05, 0.1) is 16.7 Å². The summed E-state index contributed by atoms with van der Waals surface area (Å²) in [7, 11) is -4.31. The van der Waals surface area contributed by atoms with Crippen molar-refractivity contribution in [1.82, 2.24) is 4.72 Å². The molecule has 2 aliphatic rings. The van der Waals surface area contributed by atoms with Gasteiger partial charge in [-0.15, -0.1) is 0 Å². The van der Waals surface area contributed by atoms with E-state index in [1.165, 1.54) is 18.2 Å². The molecule has 1 N–H and O–H groups in total. The summed E-state index contributed by atoms with van der Waals surface area (Å²) in [5.41, 5.74) is 0. The van der Waals surface area contributed by atoms with E-state index in [1.807, 2.05) is 0 Å². The SMILES string of the molecule is O=C(NS(=O)(=O)c1ccc2c(c1)OCCO2)C1CCCCC1C(F)(F)F. The highest BCUT2D eigenvalue weighted by Crippen LogP contribution is 2.41. The number of rotatable bonds is 3. The smallest absolute Gasteiger partial charge is 0.392 e. The van der Waals surface area contributed by atoms with Crippen LogP contribution in [0.1, 0.15) is 25.7 Å². The average molecular weight is 393 g/mol. The van der Waals surface area contributed by atoms with Crippen molar-refractivity contribution >= 4 is 15.9 Å². The Bertz CT molecular complexity index is 794. The van der Waals surface area contributed by atoms with Gasteiger partial charge in [0.2, 0.25) is 5.91 Å². The minimum absolute atomic E-state index is 0.00662. The molecule has 1 fully saturated rings. The predicted octanol–water partition coefficient (Wildman–Crippen LogP) is 2.63. The van der Waals surface area contributed by atoms with Crippen LogP contribution >= 0.6 is 0 Å². The molecule has 1 saturated carbocycles. The standard InChI is InChI=1S/C16H18F3NO5S/c17-16(18,19)12-4-2-1-3-11(12)15(21)20-26(22,23)10-5-6-13-14(9-10)25-8-7-24-13/h5-6,9,11-12H,1-4,7-8H2,(H,20,21). The van der Waals surface area contributed by atoms with E-state index in [4.69, 9.17) is 9.47 Å². The largest absolute Gasteiger partial charge is 0.486 e. The summed E-state index contributed by atoms with van der Waals surface area (Å²) in [6.07, 6.45) is -3.89. The number of hydrogen-bond donors (Lipinski definition) is 1. The molecule has 0 radical (unpaired) electrons. The number of fused-ring (bicyclic) bond motifs is 1. The summed E-state index contributed by atoms with van der Waals surface area (Å²) in [6.45, 7) is 0.578. The monoisotopic (exact) mass is 393 g/mol. The van der Waals surface area contributed by atoms with Crippen LogP contribution in [0, 0.1) is 11.8 Å². The van der Waals surface area contributed by atoms with Crippen molar-refractivity contribution in [3.63, 3.8) is 0 Å². The lowest BCUT2D eigenvalue weighted by molar-refractivity contribution is -0.197. The van der Waals surface area contributed by atoms with Crippen LogP contribution in [0.25, 0.3) is 0 Å². The predicted molar refractivity (Wildman–Crippen MR) is 84.3 cm³/mol. The lowest BCUT2D eigenvalue weighted by atomic mass is 9.78. The van der Waals surface area contributed by atoms with E-state index >= 15 is 0 Å². The van der Waals surface area contributed by atoms with Gasteiger partial charge in [-0.05, 0) is 25.0 Å². The maximum Gasteiger partial charge on any atom is 0.392 e. The minimum Gasteiger partial charge on any atom is -0.486 e. The molecule has 2 unspecified atom stereocenters. The molecular formula is C16H18F3NO5S. The highest BCUT2D eigenvalue weighted by Gasteiger charge is 2.48. The molecule has 144 valence electrons. The fourth-order valence-corrected chi connectivity index (χ4v) is 4.34. The number of halogens is 3. The zero-order valence-corrected chi connectivity index (χ0v) is 14.5. The number of alkyl halides is 3. The molecule has 1 aliphatic heterocycles. The molecule has 0 bridgehead atoms. The zero-order valence-electron chi connectivity index (χ0n) is 13.7. The van der Waals surface area contributed by atoms with E-state index in [1.54, 1.807) is 4.72 Å². The Morgan fingerprint density at radius 2 is 1.73 bits per heavy atom. The summed E-state index contributed by atoms with van der Waals surface area (Å²) in [5.74, 6) is -3.78. The number of amides is 1. The molecule has 0 saturated heterocycles. The van der Waals surface area contributed by atoms with Crippen LogP contribution < -0.4 is 14.2 Å². The van der Waals surface area contributed by atoms with Gasteiger partial charge < -0.3 is 9.47 Å². The first-order chi connectivity index (χ1) is 12.2. The van der Waals surface area contributed by atoms with Crippen molar-refractivity contribution in [2.45, 2.75) is 36.8 Å². The minimum atomic E-state index is -4.54. The molecule has 1 aromatic rings. The van der Waals surface area contributed by atoms with E-state index in [9.17, 15) is 26.4 Å². The lowest BCUT2D eigenvalue weighted by Gasteiger charge is -2.31. The van der Waals surface area contributed by atoms with Crippen molar-refractivity contribution in [3.05, 3.63) is 18.2 Å². The van der Waals surface area contributed by atoms with E-state index in [0.29, 0.717) is 25.2 Å². The normalized spacial score (nSPS) is 23.3. The van der Waals surface area contributed by atoms with Gasteiger partial charge in [0, 0.05) is 6.07 Å². The van der Waals surface area contributed by atoms with Crippen LogP contribution in [-0.2, 0) is 14.8 Å². The number of carbonyl (C=O) groups excluding carboxylic acids is 1. The molecule has 0 aromatic heterocycles. The van der Waals surface area contributed by atoms with Crippen molar-refractivity contribution in [3.8, 4) is 11.5 Å². The van der Waals surface area contributed by atoms with E-state index < -0.39 is 33.9 Å². The summed E-state index contributed by atoms with van der Waals surface area (Å²) in [5, 5.41) is 0. The summed E-state index contributed by atoms with van der Waals surface area (Å²) >= 11 is 0. The molecule has 1 aromatic carbocycles. The van der Waals surface area contributed by atoms with Crippen LogP contribution in [0.15, 0.2) is 23.1 Å². The van der Waals surface area contributed by atoms with Crippen molar-refractivity contribution in [2.75, 3.05) is 13.2 Å². The number of sulfonamides is 1. The molecule has 1 amide bonds. The second-order valence-corrected chi connectivity index (χ2v) is 8.00. The topological polar surface area (TPSA) is 81.7 Å². The zero-order chi connectivity index (χ0) is 18.9. The van der Waals surface area contributed by atoms with Gasteiger partial charge in [0.1, 0.15) is 13.2 Å². The van der Waals surface area contributed by atoms with Crippen molar-refractivity contribution in [2.24, 2.45) is 11.8 Å². The second kappa shape index (κ2) is 6.98. The first-order valence-corrected chi connectivity index (χ1v) is 9.70. The fourth-order valence-electron chi connectivity index (χ4n) is 3.29. The quantitative estimate of drug-likeness (QED) is 0.854. The Hall–Kier alpha value is -1.97. The molecule has 1 aliphatic carbocycles. The first-order valence-electron chi connectivity index (χ1n) is 8.21. The fraction of sp³-hybridized carbons (Fsp3) is 0.562. The summed E-state index contributed by atoms with van der Waals surface area (Å²) in [4.78, 5) is 12.0.